The summed E-state index contributed by atoms with van der Waals surface area (Å²) >= 11 is 0. The highest BCUT2D eigenvalue weighted by Gasteiger charge is 2.22. The summed E-state index contributed by atoms with van der Waals surface area (Å²) < 4.78 is 5.65. The molecule has 0 unspecified atom stereocenters. The third kappa shape index (κ3) is 3.83. The van der Waals surface area contributed by atoms with Gasteiger partial charge in [-0.05, 0) is 23.6 Å². The van der Waals surface area contributed by atoms with E-state index in [1.807, 2.05) is 24.3 Å². The number of urea groups is 1. The molecular weight excluding hydrogens is 326 g/mol. The molecule has 0 fully saturated rings. The molecule has 2 heterocycles. The summed E-state index contributed by atoms with van der Waals surface area (Å²) in [6.45, 7) is 4.17. The molecule has 0 saturated carbocycles. The molecule has 0 aliphatic carbocycles. The molecule has 0 radical (unpaired) electrons. The number of nitrogens with zero attached hydrogens (tertiary/aromatic N) is 1. The predicted molar refractivity (Wildman–Crippen MR) is 101 cm³/mol. The average Bonchev–Trinajstić information content (AvgIpc) is 2.68. The Hall–Kier alpha value is -2.53. The van der Waals surface area contributed by atoms with Crippen LogP contribution < -0.4 is 15.4 Å². The van der Waals surface area contributed by atoms with E-state index in [4.69, 9.17) is 4.74 Å². The molecule has 5 heteroatoms. The highest BCUT2D eigenvalue weighted by Crippen LogP contribution is 2.31. The minimum atomic E-state index is -0.107. The molecule has 26 heavy (non-hydrogen) atoms. The van der Waals surface area contributed by atoms with Gasteiger partial charge in [-0.3, -0.25) is 4.90 Å². The van der Waals surface area contributed by atoms with Crippen molar-refractivity contribution < 1.29 is 9.53 Å². The molecule has 1 atom stereocenters. The third-order valence-electron chi connectivity index (χ3n) is 5.19. The van der Waals surface area contributed by atoms with Gasteiger partial charge in [-0.15, -0.1) is 0 Å². The van der Waals surface area contributed by atoms with Gasteiger partial charge in [0.2, 0.25) is 0 Å². The van der Waals surface area contributed by atoms with Gasteiger partial charge in [0.05, 0.1) is 12.6 Å². The fraction of sp³-hybridized carbons (Fsp3) is 0.381. The predicted octanol–water partition coefficient (Wildman–Crippen LogP) is 2.87. The normalized spacial score (nSPS) is 19.0. The summed E-state index contributed by atoms with van der Waals surface area (Å²) in [6, 6.07) is 16.4. The Bertz CT molecular complexity index is 777. The smallest absolute Gasteiger partial charge is 0.315 e. The molecule has 2 amide bonds. The number of benzene rings is 2. The molecule has 5 nitrogen and oxygen atoms in total. The van der Waals surface area contributed by atoms with Gasteiger partial charge in [-0.2, -0.15) is 0 Å². The van der Waals surface area contributed by atoms with E-state index < -0.39 is 0 Å². The summed E-state index contributed by atoms with van der Waals surface area (Å²) in [5, 5.41) is 6.08. The van der Waals surface area contributed by atoms with Crippen molar-refractivity contribution in [2.45, 2.75) is 25.4 Å². The average molecular weight is 351 g/mol. The SMILES string of the molecule is O=C(NCCN1CCc2ccccc2C1)N[C@@H]1CCOc2ccccc21. The van der Waals surface area contributed by atoms with Gasteiger partial charge in [0, 0.05) is 38.2 Å². The Labute approximate surface area is 154 Å². The molecule has 2 N–H and O–H groups in total. The van der Waals surface area contributed by atoms with Crippen LogP contribution in [0.15, 0.2) is 48.5 Å². The number of hydrogen-bond donors (Lipinski definition) is 2. The number of rotatable bonds is 4. The zero-order valence-electron chi connectivity index (χ0n) is 14.9. The van der Waals surface area contributed by atoms with Crippen LogP contribution in [0, 0.1) is 0 Å². The largest absolute Gasteiger partial charge is 0.493 e. The van der Waals surface area contributed by atoms with Crippen LogP contribution in [0.25, 0.3) is 0 Å². The number of carbonyl (C=O) groups is 1. The maximum Gasteiger partial charge on any atom is 0.315 e. The number of fused-ring (bicyclic) bond motifs is 2. The minimum absolute atomic E-state index is 0.0156. The first-order chi connectivity index (χ1) is 12.8. The van der Waals surface area contributed by atoms with Crippen LogP contribution in [0.1, 0.15) is 29.2 Å². The van der Waals surface area contributed by atoms with Crippen molar-refractivity contribution in [3.63, 3.8) is 0 Å². The second kappa shape index (κ2) is 7.79. The summed E-state index contributed by atoms with van der Waals surface area (Å²) in [7, 11) is 0. The molecule has 2 aliphatic heterocycles. The van der Waals surface area contributed by atoms with Crippen LogP contribution in [0.3, 0.4) is 0 Å². The highest BCUT2D eigenvalue weighted by molar-refractivity contribution is 5.74. The lowest BCUT2D eigenvalue weighted by molar-refractivity contribution is 0.218. The first kappa shape index (κ1) is 16.9. The molecule has 2 aromatic carbocycles. The van der Waals surface area contributed by atoms with E-state index >= 15 is 0 Å². The maximum atomic E-state index is 12.3. The van der Waals surface area contributed by atoms with E-state index in [1.165, 1.54) is 11.1 Å². The monoisotopic (exact) mass is 351 g/mol. The summed E-state index contributed by atoms with van der Waals surface area (Å²) in [5.41, 5.74) is 3.91. The Morgan fingerprint density at radius 3 is 2.85 bits per heavy atom. The lowest BCUT2D eigenvalue weighted by atomic mass is 10.00. The van der Waals surface area contributed by atoms with Gasteiger partial charge in [0.1, 0.15) is 5.75 Å². The number of para-hydroxylation sites is 1. The van der Waals surface area contributed by atoms with Crippen molar-refractivity contribution in [2.75, 3.05) is 26.2 Å². The van der Waals surface area contributed by atoms with Crippen molar-refractivity contribution in [1.82, 2.24) is 15.5 Å². The van der Waals surface area contributed by atoms with Crippen LogP contribution in [-0.4, -0.2) is 37.2 Å². The molecular formula is C21H25N3O2. The second-order valence-corrected chi connectivity index (χ2v) is 6.92. The molecule has 0 spiro atoms. The first-order valence-electron chi connectivity index (χ1n) is 9.35. The van der Waals surface area contributed by atoms with Crippen LogP contribution >= 0.6 is 0 Å². The second-order valence-electron chi connectivity index (χ2n) is 6.92. The van der Waals surface area contributed by atoms with Crippen LogP contribution in [0.5, 0.6) is 5.75 Å². The molecule has 0 bridgehead atoms. The highest BCUT2D eigenvalue weighted by atomic mass is 16.5. The van der Waals surface area contributed by atoms with Crippen molar-refractivity contribution in [3.8, 4) is 5.75 Å². The van der Waals surface area contributed by atoms with E-state index in [9.17, 15) is 4.79 Å². The Morgan fingerprint density at radius 1 is 1.12 bits per heavy atom. The molecule has 4 rings (SSSR count). The fourth-order valence-electron chi connectivity index (χ4n) is 3.77. The minimum Gasteiger partial charge on any atom is -0.493 e. The summed E-state index contributed by atoms with van der Waals surface area (Å²) in [6.07, 6.45) is 1.88. The van der Waals surface area contributed by atoms with Crippen molar-refractivity contribution >= 4 is 6.03 Å². The number of amides is 2. The maximum absolute atomic E-state index is 12.3. The van der Waals surface area contributed by atoms with Gasteiger partial charge in [0.25, 0.3) is 0 Å². The topological polar surface area (TPSA) is 53.6 Å². The molecule has 2 aromatic rings. The Morgan fingerprint density at radius 2 is 1.92 bits per heavy atom. The Kier molecular flexibility index (Phi) is 5.07. The lowest BCUT2D eigenvalue weighted by Gasteiger charge is -2.29. The van der Waals surface area contributed by atoms with E-state index in [1.54, 1.807) is 0 Å². The van der Waals surface area contributed by atoms with E-state index in [-0.39, 0.29) is 12.1 Å². The van der Waals surface area contributed by atoms with E-state index in [2.05, 4.69) is 39.8 Å². The standard InChI is InChI=1S/C21H25N3O2/c25-21(23-19-10-14-26-20-8-4-3-7-18(19)20)22-11-13-24-12-9-16-5-1-2-6-17(16)15-24/h1-8,19H,9-15H2,(H2,22,23,25)/t19-/m1/s1. The van der Waals surface area contributed by atoms with E-state index in [0.717, 1.165) is 43.8 Å². The van der Waals surface area contributed by atoms with Crippen LogP contribution in [0.2, 0.25) is 0 Å². The zero-order chi connectivity index (χ0) is 17.8. The van der Waals surface area contributed by atoms with Crippen molar-refractivity contribution in [1.29, 1.82) is 0 Å². The van der Waals surface area contributed by atoms with Crippen LogP contribution in [0.4, 0.5) is 4.79 Å². The van der Waals surface area contributed by atoms with Crippen molar-refractivity contribution in [2.24, 2.45) is 0 Å². The molecule has 0 aromatic heterocycles. The summed E-state index contributed by atoms with van der Waals surface area (Å²) in [4.78, 5) is 14.7. The molecule has 136 valence electrons. The number of carbonyl (C=O) groups excluding carboxylic acids is 1. The van der Waals surface area contributed by atoms with Gasteiger partial charge < -0.3 is 15.4 Å². The zero-order valence-corrected chi connectivity index (χ0v) is 14.9. The van der Waals surface area contributed by atoms with E-state index in [0.29, 0.717) is 13.2 Å². The quantitative estimate of drug-likeness (QED) is 0.891. The number of hydrogen-bond acceptors (Lipinski definition) is 3. The number of nitrogens with one attached hydrogen (secondary N) is 2. The van der Waals surface area contributed by atoms with Crippen LogP contribution in [-0.2, 0) is 13.0 Å². The van der Waals surface area contributed by atoms with Gasteiger partial charge >= 0.3 is 6.03 Å². The number of ether oxygens (including phenoxy) is 1. The molecule has 0 saturated heterocycles. The summed E-state index contributed by atoms with van der Waals surface area (Å²) in [5.74, 6) is 0.871. The Balaban J connectivity index is 1.24. The van der Waals surface area contributed by atoms with Gasteiger partial charge in [-0.25, -0.2) is 4.79 Å². The first-order valence-corrected chi connectivity index (χ1v) is 9.35. The third-order valence-corrected chi connectivity index (χ3v) is 5.19. The van der Waals surface area contributed by atoms with Gasteiger partial charge in [-0.1, -0.05) is 42.5 Å². The lowest BCUT2D eigenvalue weighted by Crippen LogP contribution is -2.43. The molecule has 2 aliphatic rings. The van der Waals surface area contributed by atoms with Crippen molar-refractivity contribution in [3.05, 3.63) is 65.2 Å². The fourth-order valence-corrected chi connectivity index (χ4v) is 3.77. The van der Waals surface area contributed by atoms with Gasteiger partial charge in [0.15, 0.2) is 0 Å².